The average Bonchev–Trinajstić information content (AvgIpc) is 3.09. The van der Waals surface area contributed by atoms with Gasteiger partial charge in [-0.1, -0.05) is 16.8 Å². The van der Waals surface area contributed by atoms with E-state index < -0.39 is 5.97 Å². The summed E-state index contributed by atoms with van der Waals surface area (Å²) in [6.07, 6.45) is 1.49. The number of fused-ring (bicyclic) bond motifs is 2. The maximum atomic E-state index is 12.3. The molecule has 27 heavy (non-hydrogen) atoms. The zero-order chi connectivity index (χ0) is 19.0. The fraction of sp³-hybridized carbons (Fsp3) is 0.167. The number of pyridine rings is 1. The van der Waals surface area contributed by atoms with Crippen molar-refractivity contribution in [3.8, 4) is 0 Å². The lowest BCUT2D eigenvalue weighted by Gasteiger charge is -2.06. The molecule has 0 atom stereocenters. The first-order valence-electron chi connectivity index (χ1n) is 8.23. The lowest BCUT2D eigenvalue weighted by molar-refractivity contribution is 0.0468. The standard InChI is InChI=1S/C18H14ClN5O3/c1-2-24-15-5-3-11(7-14(15)21-22-24)18(26)27-10-13-8-17(25)23-9-12(19)4-6-16(23)20-13/h3-9H,2,10H2,1H3. The number of hydrogen-bond donors (Lipinski definition) is 0. The Morgan fingerprint density at radius 2 is 2.07 bits per heavy atom. The third-order valence-electron chi connectivity index (χ3n) is 4.08. The van der Waals surface area contributed by atoms with E-state index in [1.165, 1.54) is 16.7 Å². The highest BCUT2D eigenvalue weighted by molar-refractivity contribution is 6.30. The van der Waals surface area contributed by atoms with Gasteiger partial charge in [0.25, 0.3) is 5.56 Å². The molecule has 136 valence electrons. The van der Waals surface area contributed by atoms with Gasteiger partial charge in [0.15, 0.2) is 0 Å². The summed E-state index contributed by atoms with van der Waals surface area (Å²) < 4.78 is 8.36. The first kappa shape index (κ1) is 17.2. The number of rotatable bonds is 4. The molecule has 1 aromatic carbocycles. The topological polar surface area (TPSA) is 91.4 Å². The summed E-state index contributed by atoms with van der Waals surface area (Å²) in [5, 5.41) is 8.48. The minimum absolute atomic E-state index is 0.118. The summed E-state index contributed by atoms with van der Waals surface area (Å²) in [5.74, 6) is -0.527. The number of hydrogen-bond acceptors (Lipinski definition) is 6. The molecule has 0 unspecified atom stereocenters. The van der Waals surface area contributed by atoms with Crippen LogP contribution in [0, 0.1) is 0 Å². The Kier molecular flexibility index (Phi) is 4.33. The highest BCUT2D eigenvalue weighted by Crippen LogP contribution is 2.15. The minimum atomic E-state index is -0.527. The van der Waals surface area contributed by atoms with Crippen LogP contribution in [0.25, 0.3) is 16.7 Å². The molecular formula is C18H14ClN5O3. The van der Waals surface area contributed by atoms with Crippen molar-refractivity contribution in [1.29, 1.82) is 0 Å². The molecule has 3 heterocycles. The quantitative estimate of drug-likeness (QED) is 0.503. The van der Waals surface area contributed by atoms with Crippen molar-refractivity contribution in [2.45, 2.75) is 20.1 Å². The normalized spacial score (nSPS) is 11.2. The van der Waals surface area contributed by atoms with Crippen LogP contribution in [-0.4, -0.2) is 30.3 Å². The number of benzene rings is 1. The molecule has 0 fully saturated rings. The Balaban J connectivity index is 1.54. The van der Waals surface area contributed by atoms with E-state index in [-0.39, 0.29) is 12.2 Å². The van der Waals surface area contributed by atoms with Crippen molar-refractivity contribution < 1.29 is 9.53 Å². The van der Waals surface area contributed by atoms with E-state index in [1.54, 1.807) is 35.0 Å². The fourth-order valence-corrected chi connectivity index (χ4v) is 2.92. The second-order valence-electron chi connectivity index (χ2n) is 5.85. The zero-order valence-electron chi connectivity index (χ0n) is 14.3. The van der Waals surface area contributed by atoms with Gasteiger partial charge in [-0.15, -0.1) is 5.10 Å². The van der Waals surface area contributed by atoms with Crippen molar-refractivity contribution >= 4 is 34.3 Å². The lowest BCUT2D eigenvalue weighted by atomic mass is 10.2. The lowest BCUT2D eigenvalue weighted by Crippen LogP contribution is -2.16. The first-order chi connectivity index (χ1) is 13.0. The number of aryl methyl sites for hydroxylation is 1. The summed E-state index contributed by atoms with van der Waals surface area (Å²) in [6.45, 7) is 2.53. The van der Waals surface area contributed by atoms with E-state index in [0.717, 1.165) is 5.52 Å². The van der Waals surface area contributed by atoms with Gasteiger partial charge in [0.05, 0.1) is 21.8 Å². The minimum Gasteiger partial charge on any atom is -0.456 e. The van der Waals surface area contributed by atoms with Crippen LogP contribution >= 0.6 is 11.6 Å². The van der Waals surface area contributed by atoms with Crippen LogP contribution in [0.15, 0.2) is 47.4 Å². The molecule has 0 N–H and O–H groups in total. The monoisotopic (exact) mass is 383 g/mol. The van der Waals surface area contributed by atoms with Gasteiger partial charge < -0.3 is 4.74 Å². The van der Waals surface area contributed by atoms with Crippen LogP contribution in [0.1, 0.15) is 23.0 Å². The maximum Gasteiger partial charge on any atom is 0.338 e. The molecule has 8 nitrogen and oxygen atoms in total. The third kappa shape index (κ3) is 3.26. The van der Waals surface area contributed by atoms with Crippen LogP contribution in [-0.2, 0) is 17.9 Å². The largest absolute Gasteiger partial charge is 0.456 e. The van der Waals surface area contributed by atoms with Gasteiger partial charge in [-0.3, -0.25) is 9.20 Å². The number of halogens is 1. The summed E-state index contributed by atoms with van der Waals surface area (Å²) in [7, 11) is 0. The van der Waals surface area contributed by atoms with Gasteiger partial charge in [0, 0.05) is 18.8 Å². The number of aromatic nitrogens is 5. The van der Waals surface area contributed by atoms with E-state index in [4.69, 9.17) is 16.3 Å². The van der Waals surface area contributed by atoms with Crippen molar-refractivity contribution in [3.63, 3.8) is 0 Å². The van der Waals surface area contributed by atoms with Crippen LogP contribution < -0.4 is 5.56 Å². The maximum absolute atomic E-state index is 12.3. The molecule has 4 rings (SSSR count). The second-order valence-corrected chi connectivity index (χ2v) is 6.28. The van der Waals surface area contributed by atoms with Crippen molar-refractivity contribution in [2.75, 3.05) is 0 Å². The molecule has 0 amide bonds. The number of esters is 1. The molecule has 0 radical (unpaired) electrons. The van der Waals surface area contributed by atoms with Crippen molar-refractivity contribution in [3.05, 3.63) is 69.2 Å². The Morgan fingerprint density at radius 3 is 2.89 bits per heavy atom. The summed E-state index contributed by atoms with van der Waals surface area (Å²) in [6, 6.07) is 9.64. The van der Waals surface area contributed by atoms with Gasteiger partial charge >= 0.3 is 5.97 Å². The van der Waals surface area contributed by atoms with Gasteiger partial charge in [-0.25, -0.2) is 14.5 Å². The summed E-state index contributed by atoms with van der Waals surface area (Å²) in [5.41, 5.74) is 2.30. The number of carbonyl (C=O) groups is 1. The molecule has 0 spiro atoms. The number of carbonyl (C=O) groups excluding carboxylic acids is 1. The Bertz CT molecular complexity index is 1230. The molecule has 0 aliphatic carbocycles. The third-order valence-corrected chi connectivity index (χ3v) is 4.30. The van der Waals surface area contributed by atoms with Crippen LogP contribution in [0.4, 0.5) is 0 Å². The average molecular weight is 384 g/mol. The first-order valence-corrected chi connectivity index (χ1v) is 8.61. The molecule has 0 aliphatic heterocycles. The van der Waals surface area contributed by atoms with Crippen LogP contribution in [0.2, 0.25) is 5.02 Å². The molecule has 0 aliphatic rings. The van der Waals surface area contributed by atoms with Crippen LogP contribution in [0.5, 0.6) is 0 Å². The highest BCUT2D eigenvalue weighted by atomic mass is 35.5. The predicted molar refractivity (Wildman–Crippen MR) is 98.8 cm³/mol. The number of nitrogens with zero attached hydrogens (tertiary/aromatic N) is 5. The van der Waals surface area contributed by atoms with E-state index >= 15 is 0 Å². The van der Waals surface area contributed by atoms with E-state index in [1.807, 2.05) is 6.92 Å². The van der Waals surface area contributed by atoms with Crippen molar-refractivity contribution in [1.82, 2.24) is 24.4 Å². The fourth-order valence-electron chi connectivity index (χ4n) is 2.76. The van der Waals surface area contributed by atoms with E-state index in [0.29, 0.717) is 34.0 Å². The second kappa shape index (κ2) is 6.81. The zero-order valence-corrected chi connectivity index (χ0v) is 15.1. The Labute approximate surface area is 158 Å². The Morgan fingerprint density at radius 1 is 1.22 bits per heavy atom. The molecule has 0 bridgehead atoms. The molecule has 0 saturated carbocycles. The van der Waals surface area contributed by atoms with Crippen molar-refractivity contribution in [2.24, 2.45) is 0 Å². The van der Waals surface area contributed by atoms with Crippen LogP contribution in [0.3, 0.4) is 0 Å². The molecule has 4 aromatic rings. The van der Waals surface area contributed by atoms with E-state index in [2.05, 4.69) is 15.3 Å². The molecular weight excluding hydrogens is 370 g/mol. The van der Waals surface area contributed by atoms with Gasteiger partial charge in [-0.2, -0.15) is 0 Å². The molecule has 9 heteroatoms. The summed E-state index contributed by atoms with van der Waals surface area (Å²) >= 11 is 5.89. The predicted octanol–water partition coefficient (Wildman–Crippen LogP) is 2.47. The number of ether oxygens (including phenoxy) is 1. The van der Waals surface area contributed by atoms with E-state index in [9.17, 15) is 9.59 Å². The van der Waals surface area contributed by atoms with Gasteiger partial charge in [0.1, 0.15) is 17.8 Å². The van der Waals surface area contributed by atoms with Gasteiger partial charge in [-0.05, 0) is 37.3 Å². The van der Waals surface area contributed by atoms with Gasteiger partial charge in [0.2, 0.25) is 0 Å². The highest BCUT2D eigenvalue weighted by Gasteiger charge is 2.12. The Hall–Kier alpha value is -3.26. The smallest absolute Gasteiger partial charge is 0.338 e. The molecule has 0 saturated heterocycles. The SMILES string of the molecule is CCn1nnc2cc(C(=O)OCc3cc(=O)n4cc(Cl)ccc4n3)ccc21. The molecule has 3 aromatic heterocycles. The summed E-state index contributed by atoms with van der Waals surface area (Å²) in [4.78, 5) is 28.8.